The van der Waals surface area contributed by atoms with E-state index in [0.717, 1.165) is 22.3 Å². The number of ketones is 2. The van der Waals surface area contributed by atoms with Crippen molar-refractivity contribution in [1.82, 2.24) is 0 Å². The zero-order valence-corrected chi connectivity index (χ0v) is 12.3. The molecule has 0 saturated heterocycles. The molecule has 2 aliphatic carbocycles. The molecule has 0 amide bonds. The summed E-state index contributed by atoms with van der Waals surface area (Å²) in [5.74, 6) is 1.18. The van der Waals surface area contributed by atoms with Crippen molar-refractivity contribution in [3.05, 3.63) is 64.7 Å². The molecule has 110 valence electrons. The van der Waals surface area contributed by atoms with Crippen molar-refractivity contribution in [3.8, 4) is 5.75 Å². The molecule has 2 unspecified atom stereocenters. The van der Waals surface area contributed by atoms with Gasteiger partial charge in [-0.3, -0.25) is 9.59 Å². The van der Waals surface area contributed by atoms with Crippen molar-refractivity contribution in [2.24, 2.45) is 5.92 Å². The highest BCUT2D eigenvalue weighted by molar-refractivity contribution is 6.04. The Kier molecular flexibility index (Phi) is 2.89. The normalized spacial score (nSPS) is 22.6. The van der Waals surface area contributed by atoms with E-state index in [2.05, 4.69) is 0 Å². The predicted octanol–water partition coefficient (Wildman–Crippen LogP) is 3.62. The number of hydrogen-bond donors (Lipinski definition) is 0. The molecule has 0 radical (unpaired) electrons. The van der Waals surface area contributed by atoms with Crippen LogP contribution in [0.2, 0.25) is 0 Å². The predicted molar refractivity (Wildman–Crippen MR) is 82.7 cm³/mol. The lowest BCUT2D eigenvalue weighted by molar-refractivity contribution is 0.0884. The van der Waals surface area contributed by atoms with E-state index >= 15 is 0 Å². The number of rotatable bonds is 1. The van der Waals surface area contributed by atoms with Crippen LogP contribution >= 0.6 is 0 Å². The molecular weight excluding hydrogens is 276 g/mol. The van der Waals surface area contributed by atoms with Gasteiger partial charge in [0.15, 0.2) is 11.6 Å². The van der Waals surface area contributed by atoms with E-state index in [4.69, 9.17) is 4.74 Å². The summed E-state index contributed by atoms with van der Waals surface area (Å²) in [4.78, 5) is 24.8. The van der Waals surface area contributed by atoms with Gasteiger partial charge in [-0.2, -0.15) is 0 Å². The molecular formula is C19H16O3. The molecule has 2 aromatic rings. The minimum atomic E-state index is 0.0794. The van der Waals surface area contributed by atoms with Crippen LogP contribution in [0.25, 0.3) is 0 Å². The lowest BCUT2D eigenvalue weighted by Crippen LogP contribution is -2.32. The summed E-state index contributed by atoms with van der Waals surface area (Å²) in [6.45, 7) is 0. The monoisotopic (exact) mass is 292 g/mol. The third-order valence-corrected chi connectivity index (χ3v) is 4.86. The van der Waals surface area contributed by atoms with Crippen LogP contribution in [-0.4, -0.2) is 18.7 Å². The summed E-state index contributed by atoms with van der Waals surface area (Å²) in [7, 11) is 1.60. The van der Waals surface area contributed by atoms with E-state index in [1.807, 2.05) is 42.5 Å². The highest BCUT2D eigenvalue weighted by Gasteiger charge is 2.41. The number of carbonyl (C=O) groups excluding carboxylic acids is 2. The van der Waals surface area contributed by atoms with Crippen LogP contribution in [0.4, 0.5) is 0 Å². The fraction of sp³-hybridized carbons (Fsp3) is 0.263. The molecule has 22 heavy (non-hydrogen) atoms. The van der Waals surface area contributed by atoms with Gasteiger partial charge in [-0.25, -0.2) is 0 Å². The van der Waals surface area contributed by atoms with Crippen molar-refractivity contribution in [3.63, 3.8) is 0 Å². The number of ether oxygens (including phenoxy) is 1. The van der Waals surface area contributed by atoms with E-state index in [9.17, 15) is 9.59 Å². The van der Waals surface area contributed by atoms with Crippen LogP contribution in [0.3, 0.4) is 0 Å². The van der Waals surface area contributed by atoms with E-state index in [-0.39, 0.29) is 23.4 Å². The number of Topliss-reactive ketones (excluding diaryl/α,β-unsaturated/α-hetero) is 2. The summed E-state index contributed by atoms with van der Waals surface area (Å²) in [6.07, 6.45) is 0.893. The second-order valence-corrected chi connectivity index (χ2v) is 6.03. The molecule has 3 nitrogen and oxygen atoms in total. The number of carbonyl (C=O) groups is 2. The van der Waals surface area contributed by atoms with Gasteiger partial charge >= 0.3 is 0 Å². The number of methoxy groups -OCH3 is 1. The van der Waals surface area contributed by atoms with Gasteiger partial charge in [0, 0.05) is 29.9 Å². The fourth-order valence-corrected chi connectivity index (χ4v) is 3.88. The quantitative estimate of drug-likeness (QED) is 0.806. The molecule has 3 heteroatoms. The van der Waals surface area contributed by atoms with E-state index in [1.165, 1.54) is 0 Å². The van der Waals surface area contributed by atoms with E-state index in [0.29, 0.717) is 18.6 Å². The van der Waals surface area contributed by atoms with Crippen LogP contribution in [0.15, 0.2) is 42.5 Å². The highest BCUT2D eigenvalue weighted by atomic mass is 16.5. The lowest BCUT2D eigenvalue weighted by Gasteiger charge is -2.37. The molecule has 0 fully saturated rings. The van der Waals surface area contributed by atoms with Gasteiger partial charge in [-0.05, 0) is 29.2 Å². The molecule has 2 atom stereocenters. The first-order chi connectivity index (χ1) is 10.7. The largest absolute Gasteiger partial charge is 0.497 e. The van der Waals surface area contributed by atoms with Gasteiger partial charge in [-0.15, -0.1) is 0 Å². The van der Waals surface area contributed by atoms with Crippen LogP contribution < -0.4 is 4.74 Å². The average Bonchev–Trinajstić information content (AvgIpc) is 2.54. The van der Waals surface area contributed by atoms with Crippen LogP contribution in [0.5, 0.6) is 5.75 Å². The van der Waals surface area contributed by atoms with Crippen molar-refractivity contribution >= 4 is 11.6 Å². The minimum absolute atomic E-state index is 0.0794. The second kappa shape index (κ2) is 4.80. The molecule has 2 aliphatic rings. The van der Waals surface area contributed by atoms with Crippen LogP contribution in [0.1, 0.15) is 50.6 Å². The molecule has 0 bridgehead atoms. The standard InChI is InChI=1S/C19H16O3/c1-22-12-6-7-15-16(10-12)18(21)9-11-8-17(20)13-4-2-3-5-14(13)19(11)15/h2-7,10-11,19H,8-9H2,1H3. The maximum absolute atomic E-state index is 12.5. The van der Waals surface area contributed by atoms with Gasteiger partial charge in [0.05, 0.1) is 7.11 Å². The van der Waals surface area contributed by atoms with E-state index < -0.39 is 0 Å². The van der Waals surface area contributed by atoms with E-state index in [1.54, 1.807) is 7.11 Å². The van der Waals surface area contributed by atoms with Crippen molar-refractivity contribution in [2.45, 2.75) is 18.8 Å². The molecule has 0 spiro atoms. The molecule has 0 saturated carbocycles. The first-order valence-corrected chi connectivity index (χ1v) is 7.52. The maximum atomic E-state index is 12.5. The number of fused-ring (bicyclic) bond motifs is 5. The summed E-state index contributed by atoms with van der Waals surface area (Å²) in [5.41, 5.74) is 3.63. The molecule has 0 N–H and O–H groups in total. The van der Waals surface area contributed by atoms with Gasteiger partial charge in [0.2, 0.25) is 0 Å². The third kappa shape index (κ3) is 1.82. The van der Waals surface area contributed by atoms with Crippen molar-refractivity contribution in [1.29, 1.82) is 0 Å². The Bertz CT molecular complexity index is 791. The number of benzene rings is 2. The second-order valence-electron chi connectivity index (χ2n) is 6.03. The topological polar surface area (TPSA) is 43.4 Å². The lowest BCUT2D eigenvalue weighted by atomic mass is 9.65. The summed E-state index contributed by atoms with van der Waals surface area (Å²) >= 11 is 0. The van der Waals surface area contributed by atoms with Gasteiger partial charge in [-0.1, -0.05) is 30.3 Å². The summed E-state index contributed by atoms with van der Waals surface area (Å²) in [5, 5.41) is 0. The van der Waals surface area contributed by atoms with Gasteiger partial charge < -0.3 is 4.74 Å². The molecule has 2 aromatic carbocycles. The van der Waals surface area contributed by atoms with Crippen LogP contribution in [0, 0.1) is 5.92 Å². The minimum Gasteiger partial charge on any atom is -0.497 e. The molecule has 0 heterocycles. The average molecular weight is 292 g/mol. The first-order valence-electron chi connectivity index (χ1n) is 7.52. The fourth-order valence-electron chi connectivity index (χ4n) is 3.88. The summed E-state index contributed by atoms with van der Waals surface area (Å²) < 4.78 is 5.24. The van der Waals surface area contributed by atoms with Crippen LogP contribution in [-0.2, 0) is 0 Å². The Morgan fingerprint density at radius 1 is 0.909 bits per heavy atom. The Morgan fingerprint density at radius 2 is 1.59 bits per heavy atom. The number of hydrogen-bond acceptors (Lipinski definition) is 3. The molecule has 0 aromatic heterocycles. The smallest absolute Gasteiger partial charge is 0.163 e. The third-order valence-electron chi connectivity index (χ3n) is 4.86. The maximum Gasteiger partial charge on any atom is 0.163 e. The van der Waals surface area contributed by atoms with Gasteiger partial charge in [0.1, 0.15) is 5.75 Å². The Balaban J connectivity index is 1.93. The summed E-state index contributed by atoms with van der Waals surface area (Å²) in [6, 6.07) is 13.5. The highest BCUT2D eigenvalue weighted by Crippen LogP contribution is 2.47. The van der Waals surface area contributed by atoms with Gasteiger partial charge in [0.25, 0.3) is 0 Å². The SMILES string of the molecule is COc1ccc2c(c1)C(=O)CC1CC(=O)c3ccccc3C21. The molecule has 0 aliphatic heterocycles. The zero-order chi connectivity index (χ0) is 15.3. The Morgan fingerprint density at radius 3 is 2.36 bits per heavy atom. The van der Waals surface area contributed by atoms with Crippen molar-refractivity contribution < 1.29 is 14.3 Å². The first kappa shape index (κ1) is 13.3. The Labute approximate surface area is 128 Å². The molecule has 4 rings (SSSR count). The van der Waals surface area contributed by atoms with Crippen molar-refractivity contribution in [2.75, 3.05) is 7.11 Å². The Hall–Kier alpha value is -2.42. The zero-order valence-electron chi connectivity index (χ0n) is 12.3.